The third kappa shape index (κ3) is 11.6. The second-order valence-corrected chi connectivity index (χ2v) is 4.58. The molecular weight excluding hydrogens is 240 g/mol. The molecule has 0 aliphatic rings. The van der Waals surface area contributed by atoms with Crippen LogP contribution in [0.2, 0.25) is 0 Å². The summed E-state index contributed by atoms with van der Waals surface area (Å²) in [6.45, 7) is 4.51. The number of carbonyl (C=O) groups excluding carboxylic acids is 2. The van der Waals surface area contributed by atoms with Crippen molar-refractivity contribution < 1.29 is 19.1 Å². The molecule has 0 rings (SSSR count). The Morgan fingerprint density at radius 2 is 1.59 bits per heavy atom. The quantitative estimate of drug-likeness (QED) is 0.447. The van der Waals surface area contributed by atoms with Gasteiger partial charge in [-0.25, -0.2) is 0 Å². The molecule has 0 fully saturated rings. The summed E-state index contributed by atoms with van der Waals surface area (Å²) in [5.74, 6) is 1.09. The number of thioether (sulfide) groups is 1. The highest BCUT2D eigenvalue weighted by Gasteiger charge is 2.02. The lowest BCUT2D eigenvalue weighted by atomic mass is 10.2. The van der Waals surface area contributed by atoms with Gasteiger partial charge < -0.3 is 9.47 Å². The number of hydrogen-bond donors (Lipinski definition) is 0. The van der Waals surface area contributed by atoms with E-state index < -0.39 is 0 Å². The SMILES string of the molecule is CCOC(=O)CCCCCSCC(=O)OCC. The lowest BCUT2D eigenvalue weighted by Gasteiger charge is -2.03. The summed E-state index contributed by atoms with van der Waals surface area (Å²) in [5.41, 5.74) is 0. The van der Waals surface area contributed by atoms with Crippen molar-refractivity contribution in [3.8, 4) is 0 Å². The molecule has 0 aromatic carbocycles. The van der Waals surface area contributed by atoms with E-state index in [1.807, 2.05) is 6.92 Å². The van der Waals surface area contributed by atoms with Crippen LogP contribution in [-0.2, 0) is 19.1 Å². The van der Waals surface area contributed by atoms with Crippen LogP contribution in [0.1, 0.15) is 39.5 Å². The minimum atomic E-state index is -0.149. The Labute approximate surface area is 107 Å². The second-order valence-electron chi connectivity index (χ2n) is 3.47. The molecule has 0 saturated heterocycles. The smallest absolute Gasteiger partial charge is 0.315 e. The Balaban J connectivity index is 3.18. The minimum Gasteiger partial charge on any atom is -0.466 e. The maximum Gasteiger partial charge on any atom is 0.315 e. The normalized spacial score (nSPS) is 10.0. The van der Waals surface area contributed by atoms with E-state index in [9.17, 15) is 9.59 Å². The average molecular weight is 262 g/mol. The topological polar surface area (TPSA) is 52.6 Å². The van der Waals surface area contributed by atoms with Crippen LogP contribution in [0.25, 0.3) is 0 Å². The third-order valence-corrected chi connectivity index (χ3v) is 3.02. The highest BCUT2D eigenvalue weighted by Crippen LogP contribution is 2.08. The second kappa shape index (κ2) is 11.8. The maximum atomic E-state index is 11.0. The van der Waals surface area contributed by atoms with Gasteiger partial charge in [0, 0.05) is 6.42 Å². The van der Waals surface area contributed by atoms with Crippen LogP contribution >= 0.6 is 11.8 Å². The molecule has 100 valence electrons. The molecule has 0 aliphatic heterocycles. The molecule has 0 aliphatic carbocycles. The highest BCUT2D eigenvalue weighted by atomic mass is 32.2. The number of esters is 2. The fourth-order valence-electron chi connectivity index (χ4n) is 1.24. The summed E-state index contributed by atoms with van der Waals surface area (Å²) in [5, 5.41) is 0. The largest absolute Gasteiger partial charge is 0.466 e. The molecule has 0 saturated carbocycles. The van der Waals surface area contributed by atoms with E-state index >= 15 is 0 Å². The monoisotopic (exact) mass is 262 g/mol. The molecule has 0 unspecified atom stereocenters. The van der Waals surface area contributed by atoms with Crippen LogP contribution < -0.4 is 0 Å². The van der Waals surface area contributed by atoms with E-state index in [0.717, 1.165) is 25.0 Å². The Morgan fingerprint density at radius 1 is 0.941 bits per heavy atom. The lowest BCUT2D eigenvalue weighted by molar-refractivity contribution is -0.143. The zero-order valence-electron chi connectivity index (χ0n) is 10.7. The number of carbonyl (C=O) groups is 2. The number of ether oxygens (including phenoxy) is 2. The van der Waals surface area contributed by atoms with Crippen LogP contribution in [0.15, 0.2) is 0 Å². The predicted octanol–water partition coefficient (Wildman–Crippen LogP) is 2.41. The first-order valence-electron chi connectivity index (χ1n) is 6.09. The summed E-state index contributed by atoms with van der Waals surface area (Å²) < 4.78 is 9.63. The Morgan fingerprint density at radius 3 is 2.24 bits per heavy atom. The number of unbranched alkanes of at least 4 members (excludes halogenated alkanes) is 2. The standard InChI is InChI=1S/C12H22O4S/c1-3-15-11(13)8-6-5-7-9-17-10-12(14)16-4-2/h3-10H2,1-2H3. The fourth-order valence-corrected chi connectivity index (χ4v) is 2.04. The first-order chi connectivity index (χ1) is 8.20. The molecule has 0 amide bonds. The van der Waals surface area contributed by atoms with Gasteiger partial charge in [0.15, 0.2) is 0 Å². The summed E-state index contributed by atoms with van der Waals surface area (Å²) in [6, 6.07) is 0. The molecule has 0 radical (unpaired) electrons. The molecular formula is C12H22O4S. The zero-order chi connectivity index (χ0) is 12.9. The first-order valence-corrected chi connectivity index (χ1v) is 7.25. The van der Waals surface area contributed by atoms with Crippen molar-refractivity contribution in [2.45, 2.75) is 39.5 Å². The first kappa shape index (κ1) is 16.3. The molecule has 0 aromatic rings. The minimum absolute atomic E-state index is 0.119. The van der Waals surface area contributed by atoms with Gasteiger partial charge in [-0.1, -0.05) is 6.42 Å². The highest BCUT2D eigenvalue weighted by molar-refractivity contribution is 7.99. The third-order valence-electron chi connectivity index (χ3n) is 2.00. The van der Waals surface area contributed by atoms with Gasteiger partial charge in [0.1, 0.15) is 0 Å². The van der Waals surface area contributed by atoms with E-state index in [0.29, 0.717) is 25.4 Å². The number of rotatable bonds is 10. The van der Waals surface area contributed by atoms with Crippen LogP contribution in [-0.4, -0.2) is 36.7 Å². The van der Waals surface area contributed by atoms with Gasteiger partial charge >= 0.3 is 11.9 Å². The van der Waals surface area contributed by atoms with Crippen molar-refractivity contribution in [1.29, 1.82) is 0 Å². The molecule has 0 bridgehead atoms. The summed E-state index contributed by atoms with van der Waals surface area (Å²) in [6.07, 6.45) is 3.37. The Kier molecular flexibility index (Phi) is 11.3. The maximum absolute atomic E-state index is 11.0. The summed E-state index contributed by atoms with van der Waals surface area (Å²) >= 11 is 1.58. The van der Waals surface area contributed by atoms with Crippen molar-refractivity contribution in [1.82, 2.24) is 0 Å². The van der Waals surface area contributed by atoms with Crippen molar-refractivity contribution in [2.75, 3.05) is 24.7 Å². The predicted molar refractivity (Wildman–Crippen MR) is 69.1 cm³/mol. The molecule has 0 spiro atoms. The lowest BCUT2D eigenvalue weighted by Crippen LogP contribution is -2.07. The van der Waals surface area contributed by atoms with Crippen LogP contribution in [0.3, 0.4) is 0 Å². The molecule has 0 aromatic heterocycles. The van der Waals surface area contributed by atoms with E-state index in [4.69, 9.17) is 9.47 Å². The van der Waals surface area contributed by atoms with Gasteiger partial charge in [-0.3, -0.25) is 9.59 Å². The Hall–Kier alpha value is -0.710. The average Bonchev–Trinajstić information content (AvgIpc) is 2.28. The van der Waals surface area contributed by atoms with Gasteiger partial charge in [0.05, 0.1) is 19.0 Å². The van der Waals surface area contributed by atoms with Crippen molar-refractivity contribution in [2.24, 2.45) is 0 Å². The summed E-state index contributed by atoms with van der Waals surface area (Å²) in [7, 11) is 0. The van der Waals surface area contributed by atoms with Gasteiger partial charge in [-0.2, -0.15) is 11.8 Å². The van der Waals surface area contributed by atoms with Crippen molar-refractivity contribution >= 4 is 23.7 Å². The van der Waals surface area contributed by atoms with Crippen LogP contribution in [0, 0.1) is 0 Å². The van der Waals surface area contributed by atoms with E-state index in [1.54, 1.807) is 18.7 Å². The number of hydrogen-bond acceptors (Lipinski definition) is 5. The van der Waals surface area contributed by atoms with Gasteiger partial charge in [-0.05, 0) is 32.4 Å². The van der Waals surface area contributed by atoms with Crippen molar-refractivity contribution in [3.63, 3.8) is 0 Å². The zero-order valence-corrected chi connectivity index (χ0v) is 11.5. The molecule has 17 heavy (non-hydrogen) atoms. The van der Waals surface area contributed by atoms with Crippen LogP contribution in [0.4, 0.5) is 0 Å². The molecule has 0 heterocycles. The molecule has 4 nitrogen and oxygen atoms in total. The molecule has 0 N–H and O–H groups in total. The van der Waals surface area contributed by atoms with Gasteiger partial charge in [0.25, 0.3) is 0 Å². The molecule has 0 atom stereocenters. The van der Waals surface area contributed by atoms with E-state index in [2.05, 4.69) is 0 Å². The fraction of sp³-hybridized carbons (Fsp3) is 0.833. The Bertz CT molecular complexity index is 197. The van der Waals surface area contributed by atoms with Crippen molar-refractivity contribution in [3.05, 3.63) is 0 Å². The van der Waals surface area contributed by atoms with E-state index in [-0.39, 0.29) is 11.9 Å². The van der Waals surface area contributed by atoms with Crippen LogP contribution in [0.5, 0.6) is 0 Å². The summed E-state index contributed by atoms with van der Waals surface area (Å²) in [4.78, 5) is 22.0. The van der Waals surface area contributed by atoms with Gasteiger partial charge in [-0.15, -0.1) is 0 Å². The van der Waals surface area contributed by atoms with E-state index in [1.165, 1.54) is 0 Å². The molecule has 5 heteroatoms. The van der Waals surface area contributed by atoms with Gasteiger partial charge in [0.2, 0.25) is 0 Å².